The van der Waals surface area contributed by atoms with Crippen molar-refractivity contribution >= 4 is 49.1 Å². The van der Waals surface area contributed by atoms with Crippen LogP contribution >= 0.6 is 11.3 Å². The Labute approximate surface area is 197 Å². The second kappa shape index (κ2) is 9.61. The number of pyridine rings is 2. The summed E-state index contributed by atoms with van der Waals surface area (Å²) in [4.78, 5) is 34.0. The topological polar surface area (TPSA) is 88.0 Å². The number of rotatable bonds is 7. The predicted molar refractivity (Wildman–Crippen MR) is 129 cm³/mol. The molecule has 0 unspecified atom stereocenters. The van der Waals surface area contributed by atoms with Gasteiger partial charge in [0.05, 0.1) is 35.4 Å². The van der Waals surface area contributed by atoms with Gasteiger partial charge in [-0.2, -0.15) is 0 Å². The molecular weight excluding hydrogens is 464 g/mol. The number of benzene rings is 1. The van der Waals surface area contributed by atoms with Gasteiger partial charge in [0.2, 0.25) is 5.43 Å². The molecule has 178 valence electrons. The van der Waals surface area contributed by atoms with Gasteiger partial charge in [0.1, 0.15) is 16.2 Å². The molecule has 1 aliphatic rings. The van der Waals surface area contributed by atoms with Crippen LogP contribution in [0.4, 0.5) is 14.6 Å². The Hall–Kier alpha value is -3.15. The molecule has 0 atom stereocenters. The first kappa shape index (κ1) is 22.6. The van der Waals surface area contributed by atoms with Gasteiger partial charge in [0.25, 0.3) is 12.3 Å². The second-order valence-corrected chi connectivity index (χ2v) is 8.94. The van der Waals surface area contributed by atoms with Crippen molar-refractivity contribution in [3.63, 3.8) is 0 Å². The molecule has 4 aromatic rings. The number of aromatic nitrogens is 2. The van der Waals surface area contributed by atoms with E-state index in [-0.39, 0.29) is 18.7 Å². The number of alkyl halides is 2. The van der Waals surface area contributed by atoms with E-state index in [0.29, 0.717) is 42.2 Å². The fourth-order valence-electron chi connectivity index (χ4n) is 4.11. The lowest BCUT2D eigenvalue weighted by atomic mass is 10.1. The Morgan fingerprint density at radius 3 is 2.74 bits per heavy atom. The van der Waals surface area contributed by atoms with E-state index < -0.39 is 24.3 Å². The van der Waals surface area contributed by atoms with Crippen molar-refractivity contribution in [2.45, 2.75) is 6.43 Å². The van der Waals surface area contributed by atoms with Gasteiger partial charge in [-0.1, -0.05) is 12.1 Å². The van der Waals surface area contributed by atoms with Crippen LogP contribution in [-0.2, 0) is 4.74 Å². The third-order valence-corrected chi connectivity index (χ3v) is 6.87. The molecule has 1 fully saturated rings. The summed E-state index contributed by atoms with van der Waals surface area (Å²) < 4.78 is 32.8. The average Bonchev–Trinajstić information content (AvgIpc) is 3.23. The molecule has 0 aliphatic carbocycles. The highest BCUT2D eigenvalue weighted by molar-refractivity contribution is 7.24. The van der Waals surface area contributed by atoms with Gasteiger partial charge in [-0.25, -0.2) is 13.8 Å². The Balaban J connectivity index is 1.61. The van der Waals surface area contributed by atoms with Crippen LogP contribution in [0.3, 0.4) is 0 Å². The van der Waals surface area contributed by atoms with Crippen LogP contribution < -0.4 is 21.0 Å². The van der Waals surface area contributed by atoms with E-state index in [1.807, 2.05) is 28.7 Å². The highest BCUT2D eigenvalue weighted by Gasteiger charge is 2.23. The van der Waals surface area contributed by atoms with E-state index in [1.54, 1.807) is 12.1 Å². The van der Waals surface area contributed by atoms with Crippen LogP contribution in [0.1, 0.15) is 10.4 Å². The van der Waals surface area contributed by atoms with Gasteiger partial charge in [-0.05, 0) is 24.3 Å². The number of ether oxygens (including phenoxy) is 1. The molecule has 0 saturated carbocycles. The quantitative estimate of drug-likeness (QED) is 0.390. The first-order valence-corrected chi connectivity index (χ1v) is 11.8. The molecule has 11 heteroatoms. The minimum Gasteiger partial charge on any atom is -0.378 e. The molecule has 4 heterocycles. The van der Waals surface area contributed by atoms with Gasteiger partial charge in [-0.3, -0.25) is 14.0 Å². The maximum absolute atomic E-state index is 13.5. The maximum Gasteiger partial charge on any atom is 0.258 e. The number of para-hydroxylation sites is 1. The summed E-state index contributed by atoms with van der Waals surface area (Å²) in [7, 11) is 0. The molecule has 1 aliphatic heterocycles. The molecule has 1 aromatic carbocycles. The van der Waals surface area contributed by atoms with Crippen LogP contribution in [0.2, 0.25) is 0 Å². The fraction of sp³-hybridized carbons (Fsp3) is 0.348. The van der Waals surface area contributed by atoms with Gasteiger partial charge < -0.3 is 20.3 Å². The first-order valence-electron chi connectivity index (χ1n) is 11.0. The molecule has 0 bridgehead atoms. The summed E-state index contributed by atoms with van der Waals surface area (Å²) in [5, 5.41) is 5.59. The molecule has 0 spiro atoms. The van der Waals surface area contributed by atoms with Crippen LogP contribution in [0.5, 0.6) is 0 Å². The second-order valence-electron chi connectivity index (χ2n) is 7.91. The summed E-state index contributed by atoms with van der Waals surface area (Å²) in [5.41, 5.74) is 0.979. The number of anilines is 1. The van der Waals surface area contributed by atoms with Gasteiger partial charge in [0, 0.05) is 26.2 Å². The Kier molecular flexibility index (Phi) is 6.40. The lowest BCUT2D eigenvalue weighted by Gasteiger charge is -2.27. The number of nitrogens with one attached hydrogen (secondary N) is 2. The number of halogens is 2. The molecule has 34 heavy (non-hydrogen) atoms. The van der Waals surface area contributed by atoms with Gasteiger partial charge >= 0.3 is 0 Å². The van der Waals surface area contributed by atoms with E-state index in [2.05, 4.69) is 15.5 Å². The monoisotopic (exact) mass is 487 g/mol. The lowest BCUT2D eigenvalue weighted by Crippen LogP contribution is -2.37. The van der Waals surface area contributed by atoms with Crippen molar-refractivity contribution in [1.82, 2.24) is 20.0 Å². The smallest absolute Gasteiger partial charge is 0.258 e. The van der Waals surface area contributed by atoms with Crippen molar-refractivity contribution in [3.05, 3.63) is 52.2 Å². The number of thiazole rings is 1. The molecule has 0 radical (unpaired) electrons. The molecule has 1 amide bonds. The number of carbonyl (C=O) groups excluding carboxylic acids is 1. The standard InChI is InChI=1S/C23H23F2N5O3S/c24-17(25)13-26-7-8-27-22(32)19-20(31)14-5-6-18(29-9-11-33-12-10-29)28-21(14)30-15-3-1-2-4-16(15)34-23(19)30/h1-6,17,26H,7-13H2,(H,27,32). The summed E-state index contributed by atoms with van der Waals surface area (Å²) in [6.07, 6.45) is -2.46. The van der Waals surface area contributed by atoms with E-state index in [0.717, 1.165) is 16.0 Å². The number of amides is 1. The molecule has 1 saturated heterocycles. The lowest BCUT2D eigenvalue weighted by molar-refractivity contribution is 0.0954. The zero-order valence-electron chi connectivity index (χ0n) is 18.2. The number of morpholine rings is 1. The van der Waals surface area contributed by atoms with Crippen LogP contribution in [0, 0.1) is 0 Å². The van der Waals surface area contributed by atoms with Crippen molar-refractivity contribution < 1.29 is 18.3 Å². The van der Waals surface area contributed by atoms with E-state index in [4.69, 9.17) is 9.72 Å². The Morgan fingerprint density at radius 2 is 1.94 bits per heavy atom. The Morgan fingerprint density at radius 1 is 1.15 bits per heavy atom. The average molecular weight is 488 g/mol. The zero-order chi connectivity index (χ0) is 23.7. The zero-order valence-corrected chi connectivity index (χ0v) is 19.0. The molecule has 5 rings (SSSR count). The number of hydrogen-bond donors (Lipinski definition) is 2. The summed E-state index contributed by atoms with van der Waals surface area (Å²) in [5.74, 6) is 0.216. The summed E-state index contributed by atoms with van der Waals surface area (Å²) >= 11 is 1.35. The van der Waals surface area contributed by atoms with E-state index in [1.165, 1.54) is 11.3 Å². The minimum atomic E-state index is -2.46. The molecule has 8 nitrogen and oxygen atoms in total. The van der Waals surface area contributed by atoms with Crippen molar-refractivity contribution in [2.75, 3.05) is 50.8 Å². The molecular formula is C23H23F2N5O3S. The fourth-order valence-corrected chi connectivity index (χ4v) is 5.29. The van der Waals surface area contributed by atoms with Crippen molar-refractivity contribution in [1.29, 1.82) is 0 Å². The van der Waals surface area contributed by atoms with E-state index >= 15 is 0 Å². The van der Waals surface area contributed by atoms with Crippen LogP contribution in [0.15, 0.2) is 41.2 Å². The Bertz CT molecular complexity index is 1410. The number of nitrogens with zero attached hydrogens (tertiary/aromatic N) is 3. The molecule has 2 N–H and O–H groups in total. The highest BCUT2D eigenvalue weighted by atomic mass is 32.1. The third kappa shape index (κ3) is 4.22. The summed E-state index contributed by atoms with van der Waals surface area (Å²) in [6, 6.07) is 11.2. The minimum absolute atomic E-state index is 0.0310. The van der Waals surface area contributed by atoms with Gasteiger partial charge in [-0.15, -0.1) is 11.3 Å². The van der Waals surface area contributed by atoms with Crippen molar-refractivity contribution in [3.8, 4) is 0 Å². The number of fused-ring (bicyclic) bond motifs is 5. The number of carbonyl (C=O) groups is 1. The largest absolute Gasteiger partial charge is 0.378 e. The number of hydrogen-bond acceptors (Lipinski definition) is 7. The predicted octanol–water partition coefficient (Wildman–Crippen LogP) is 2.48. The van der Waals surface area contributed by atoms with E-state index in [9.17, 15) is 18.4 Å². The maximum atomic E-state index is 13.5. The summed E-state index contributed by atoms with van der Waals surface area (Å²) in [6.45, 7) is 2.48. The SMILES string of the molecule is O=C(NCCNCC(F)F)c1c(=O)c2ccc(N3CCOCC3)nc2n2c1sc1ccccc12. The molecule has 3 aromatic heterocycles. The highest BCUT2D eigenvalue weighted by Crippen LogP contribution is 2.31. The van der Waals surface area contributed by atoms with Gasteiger partial charge in [0.15, 0.2) is 5.65 Å². The van der Waals surface area contributed by atoms with Crippen LogP contribution in [-0.4, -0.2) is 67.7 Å². The third-order valence-electron chi connectivity index (χ3n) is 5.72. The van der Waals surface area contributed by atoms with Crippen LogP contribution in [0.25, 0.3) is 26.1 Å². The first-order chi connectivity index (χ1) is 16.5. The normalized spacial score (nSPS) is 14.5. The van der Waals surface area contributed by atoms with Crippen molar-refractivity contribution in [2.24, 2.45) is 0 Å².